The average Bonchev–Trinajstić information content (AvgIpc) is 2.62. The Labute approximate surface area is 152 Å². The van der Waals surface area contributed by atoms with E-state index in [9.17, 15) is 9.59 Å². The predicted octanol–water partition coefficient (Wildman–Crippen LogP) is 2.34. The van der Waals surface area contributed by atoms with E-state index in [2.05, 4.69) is 10.3 Å². The molecule has 1 aliphatic heterocycles. The van der Waals surface area contributed by atoms with Crippen LogP contribution in [0.1, 0.15) is 38.7 Å². The fraction of sp³-hybridized carbons (Fsp3) is 0.368. The second kappa shape index (κ2) is 8.81. The zero-order chi connectivity index (χ0) is 19.1. The van der Waals surface area contributed by atoms with Gasteiger partial charge in [-0.1, -0.05) is 6.07 Å². The molecule has 1 atom stereocenters. The molecule has 1 aromatic rings. The van der Waals surface area contributed by atoms with Crippen LogP contribution in [0.15, 0.2) is 47.1 Å². The summed E-state index contributed by atoms with van der Waals surface area (Å²) in [4.78, 5) is 29.4. The molecule has 0 amide bonds. The third-order valence-electron chi connectivity index (χ3n) is 3.94. The SMILES string of the molecule is CCOC(=O)C1=C(C)NC(C)=C(C(=O)OCCC#N)C1c1cccnc1. The molecule has 7 heteroatoms. The van der Waals surface area contributed by atoms with E-state index in [0.29, 0.717) is 28.1 Å². The lowest BCUT2D eigenvalue weighted by Gasteiger charge is -2.30. The van der Waals surface area contributed by atoms with Crippen molar-refractivity contribution in [3.05, 3.63) is 52.6 Å². The summed E-state index contributed by atoms with van der Waals surface area (Å²) in [6.45, 7) is 5.44. The van der Waals surface area contributed by atoms with Crippen LogP contribution >= 0.6 is 0 Å². The van der Waals surface area contributed by atoms with E-state index < -0.39 is 17.9 Å². The van der Waals surface area contributed by atoms with Crippen LogP contribution in [0.5, 0.6) is 0 Å². The molecule has 1 aromatic heterocycles. The first kappa shape index (κ1) is 19.2. The van der Waals surface area contributed by atoms with E-state index in [4.69, 9.17) is 14.7 Å². The molecule has 0 aliphatic carbocycles. The number of hydrogen-bond acceptors (Lipinski definition) is 7. The quantitative estimate of drug-likeness (QED) is 0.617. The number of esters is 2. The van der Waals surface area contributed by atoms with Crippen molar-refractivity contribution in [1.82, 2.24) is 10.3 Å². The third kappa shape index (κ3) is 4.09. The van der Waals surface area contributed by atoms with Gasteiger partial charge in [-0.3, -0.25) is 4.98 Å². The van der Waals surface area contributed by atoms with Crippen LogP contribution < -0.4 is 5.32 Å². The summed E-state index contributed by atoms with van der Waals surface area (Å²) in [5.41, 5.74) is 2.54. The predicted molar refractivity (Wildman–Crippen MR) is 93.3 cm³/mol. The lowest BCUT2D eigenvalue weighted by molar-refractivity contribution is -0.139. The molecule has 136 valence electrons. The standard InChI is InChI=1S/C19H21N3O4/c1-4-25-18(23)15-12(2)22-13(3)16(19(24)26-10-6-8-20)17(15)14-7-5-9-21-11-14/h5,7,9,11,17,22H,4,6,10H2,1-3H3. The maximum Gasteiger partial charge on any atom is 0.336 e. The second-order valence-electron chi connectivity index (χ2n) is 5.69. The molecule has 2 heterocycles. The summed E-state index contributed by atoms with van der Waals surface area (Å²) >= 11 is 0. The van der Waals surface area contributed by atoms with Crippen molar-refractivity contribution in [2.24, 2.45) is 0 Å². The van der Waals surface area contributed by atoms with Crippen molar-refractivity contribution < 1.29 is 19.1 Å². The van der Waals surface area contributed by atoms with Gasteiger partial charge in [-0.25, -0.2) is 9.59 Å². The highest BCUT2D eigenvalue weighted by atomic mass is 16.5. The minimum Gasteiger partial charge on any atom is -0.463 e. The van der Waals surface area contributed by atoms with Crippen LogP contribution in [0.25, 0.3) is 0 Å². The number of pyridine rings is 1. The van der Waals surface area contributed by atoms with Crippen molar-refractivity contribution >= 4 is 11.9 Å². The van der Waals surface area contributed by atoms with Gasteiger partial charge in [0.2, 0.25) is 0 Å². The number of hydrogen-bond donors (Lipinski definition) is 1. The molecule has 2 rings (SSSR count). The molecule has 0 saturated carbocycles. The maximum absolute atomic E-state index is 12.7. The average molecular weight is 355 g/mol. The number of aromatic nitrogens is 1. The molecule has 0 radical (unpaired) electrons. The van der Waals surface area contributed by atoms with Gasteiger partial charge in [0, 0.05) is 23.8 Å². The first-order valence-corrected chi connectivity index (χ1v) is 8.30. The van der Waals surface area contributed by atoms with Gasteiger partial charge < -0.3 is 14.8 Å². The molecular weight excluding hydrogens is 334 g/mol. The highest BCUT2D eigenvalue weighted by Gasteiger charge is 2.38. The van der Waals surface area contributed by atoms with Crippen LogP contribution in [0.3, 0.4) is 0 Å². The highest BCUT2D eigenvalue weighted by molar-refractivity contribution is 5.99. The van der Waals surface area contributed by atoms with E-state index in [1.165, 1.54) is 0 Å². The molecule has 0 saturated heterocycles. The lowest BCUT2D eigenvalue weighted by atomic mass is 9.81. The van der Waals surface area contributed by atoms with Crippen molar-refractivity contribution in [3.63, 3.8) is 0 Å². The Morgan fingerprint density at radius 1 is 1.23 bits per heavy atom. The Kier molecular flexibility index (Phi) is 6.50. The van der Waals surface area contributed by atoms with Gasteiger partial charge in [0.15, 0.2) is 0 Å². The lowest BCUT2D eigenvalue weighted by Crippen LogP contribution is -2.32. The normalized spacial score (nSPS) is 16.6. The van der Waals surface area contributed by atoms with E-state index >= 15 is 0 Å². The molecule has 1 unspecified atom stereocenters. The first-order valence-electron chi connectivity index (χ1n) is 8.30. The second-order valence-corrected chi connectivity index (χ2v) is 5.69. The summed E-state index contributed by atoms with van der Waals surface area (Å²) in [6.07, 6.45) is 3.33. The molecule has 0 aromatic carbocycles. The number of nitrogens with zero attached hydrogens (tertiary/aromatic N) is 2. The van der Waals surface area contributed by atoms with E-state index in [1.807, 2.05) is 6.07 Å². The van der Waals surface area contributed by atoms with Crippen molar-refractivity contribution in [1.29, 1.82) is 5.26 Å². The van der Waals surface area contributed by atoms with Gasteiger partial charge >= 0.3 is 11.9 Å². The molecule has 0 fully saturated rings. The Hall–Kier alpha value is -3.14. The Balaban J connectivity index is 2.50. The van der Waals surface area contributed by atoms with Crippen LogP contribution in [0.2, 0.25) is 0 Å². The largest absolute Gasteiger partial charge is 0.463 e. The van der Waals surface area contributed by atoms with Crippen LogP contribution in [0.4, 0.5) is 0 Å². The summed E-state index contributed by atoms with van der Waals surface area (Å²) in [5.74, 6) is -1.73. The molecule has 0 bridgehead atoms. The highest BCUT2D eigenvalue weighted by Crippen LogP contribution is 2.38. The topological polar surface area (TPSA) is 101 Å². The molecule has 1 N–H and O–H groups in total. The first-order chi connectivity index (χ1) is 12.5. The monoisotopic (exact) mass is 355 g/mol. The fourth-order valence-corrected chi connectivity index (χ4v) is 2.89. The zero-order valence-corrected chi connectivity index (χ0v) is 15.0. The molecule has 0 spiro atoms. The minimum absolute atomic E-state index is 0.0106. The van der Waals surface area contributed by atoms with Gasteiger partial charge in [-0.15, -0.1) is 0 Å². The zero-order valence-electron chi connectivity index (χ0n) is 15.0. The summed E-state index contributed by atoms with van der Waals surface area (Å²) in [7, 11) is 0. The van der Waals surface area contributed by atoms with Crippen LogP contribution in [0, 0.1) is 11.3 Å². The summed E-state index contributed by atoms with van der Waals surface area (Å²) in [6, 6.07) is 5.47. The molecule has 1 aliphatic rings. The maximum atomic E-state index is 12.7. The summed E-state index contributed by atoms with van der Waals surface area (Å²) < 4.78 is 10.4. The van der Waals surface area contributed by atoms with Gasteiger partial charge in [0.05, 0.1) is 36.2 Å². The van der Waals surface area contributed by atoms with Gasteiger partial charge in [0.1, 0.15) is 6.61 Å². The number of rotatable bonds is 6. The van der Waals surface area contributed by atoms with Crippen molar-refractivity contribution in [2.75, 3.05) is 13.2 Å². The minimum atomic E-state index is -0.654. The number of carbonyl (C=O) groups is 2. The Morgan fingerprint density at radius 2 is 1.88 bits per heavy atom. The van der Waals surface area contributed by atoms with Gasteiger partial charge in [-0.05, 0) is 32.4 Å². The fourth-order valence-electron chi connectivity index (χ4n) is 2.89. The number of allylic oxidation sites excluding steroid dienone is 2. The van der Waals surface area contributed by atoms with E-state index in [-0.39, 0.29) is 19.6 Å². The Bertz CT molecular complexity index is 791. The number of nitrogens with one attached hydrogen (secondary N) is 1. The number of carbonyl (C=O) groups excluding carboxylic acids is 2. The van der Waals surface area contributed by atoms with Crippen molar-refractivity contribution in [2.45, 2.75) is 33.1 Å². The van der Waals surface area contributed by atoms with Gasteiger partial charge in [0.25, 0.3) is 0 Å². The summed E-state index contributed by atoms with van der Waals surface area (Å²) in [5, 5.41) is 11.7. The van der Waals surface area contributed by atoms with Gasteiger partial charge in [-0.2, -0.15) is 5.26 Å². The number of nitriles is 1. The third-order valence-corrected chi connectivity index (χ3v) is 3.94. The number of ether oxygens (including phenoxy) is 2. The molecule has 26 heavy (non-hydrogen) atoms. The van der Waals surface area contributed by atoms with Crippen molar-refractivity contribution in [3.8, 4) is 6.07 Å². The number of dihydropyridines is 1. The smallest absolute Gasteiger partial charge is 0.336 e. The Morgan fingerprint density at radius 3 is 2.42 bits per heavy atom. The van der Waals surface area contributed by atoms with Crippen LogP contribution in [-0.2, 0) is 19.1 Å². The molecule has 7 nitrogen and oxygen atoms in total. The van der Waals surface area contributed by atoms with E-state index in [0.717, 1.165) is 0 Å². The molecular formula is C19H21N3O4. The van der Waals surface area contributed by atoms with Crippen LogP contribution in [-0.4, -0.2) is 30.1 Å². The van der Waals surface area contributed by atoms with E-state index in [1.54, 1.807) is 45.3 Å².